The number of nitrogens with one attached hydrogen (secondary N) is 2. The maximum atomic E-state index is 11.8. The van der Waals surface area contributed by atoms with Crippen molar-refractivity contribution in [2.24, 2.45) is 5.92 Å². The van der Waals surface area contributed by atoms with Crippen molar-refractivity contribution < 1.29 is 19.2 Å². The molecule has 1 aromatic carbocycles. The number of amides is 3. The summed E-state index contributed by atoms with van der Waals surface area (Å²) in [4.78, 5) is 33.6. The molecule has 130 valence electrons. The van der Waals surface area contributed by atoms with Crippen LogP contribution < -0.4 is 15.4 Å². The van der Waals surface area contributed by atoms with Crippen molar-refractivity contribution in [1.29, 1.82) is 0 Å². The minimum absolute atomic E-state index is 0.0622. The number of carbonyl (C=O) groups excluding carboxylic acids is 2. The van der Waals surface area contributed by atoms with Crippen molar-refractivity contribution in [3.8, 4) is 5.75 Å². The van der Waals surface area contributed by atoms with E-state index in [4.69, 9.17) is 4.74 Å². The van der Waals surface area contributed by atoms with Crippen LogP contribution in [0.3, 0.4) is 0 Å². The zero-order valence-electron chi connectivity index (χ0n) is 13.5. The number of non-ortho nitro benzene ring substituents is 1. The SMILES string of the molecule is C[C@H]1CCCC[C@H]1NC(=O)NC(=O)COc1ccc([N+](=O)[O-])cc1. The second-order valence-electron chi connectivity index (χ2n) is 5.93. The molecule has 1 aromatic rings. The smallest absolute Gasteiger partial charge is 0.321 e. The first-order chi connectivity index (χ1) is 11.5. The van der Waals surface area contributed by atoms with E-state index in [9.17, 15) is 19.7 Å². The summed E-state index contributed by atoms with van der Waals surface area (Å²) < 4.78 is 5.20. The minimum atomic E-state index is -0.575. The van der Waals surface area contributed by atoms with Crippen molar-refractivity contribution in [3.05, 3.63) is 34.4 Å². The molecule has 8 heteroatoms. The summed E-state index contributed by atoms with van der Waals surface area (Å²) in [5.41, 5.74) is -0.0622. The van der Waals surface area contributed by atoms with Crippen LogP contribution >= 0.6 is 0 Å². The molecule has 0 aromatic heterocycles. The van der Waals surface area contributed by atoms with E-state index in [1.807, 2.05) is 0 Å². The molecule has 1 aliphatic carbocycles. The predicted molar refractivity (Wildman–Crippen MR) is 86.7 cm³/mol. The van der Waals surface area contributed by atoms with Crippen LogP contribution in [0.2, 0.25) is 0 Å². The second-order valence-corrected chi connectivity index (χ2v) is 5.93. The number of benzene rings is 1. The lowest BCUT2D eigenvalue weighted by Crippen LogP contribution is -2.48. The van der Waals surface area contributed by atoms with Crippen LogP contribution in [0, 0.1) is 16.0 Å². The molecule has 0 aliphatic heterocycles. The van der Waals surface area contributed by atoms with Crippen LogP contribution in [0.1, 0.15) is 32.6 Å². The van der Waals surface area contributed by atoms with E-state index < -0.39 is 16.9 Å². The molecule has 2 atom stereocenters. The Morgan fingerprint density at radius 3 is 2.54 bits per heavy atom. The number of nitro groups is 1. The van der Waals surface area contributed by atoms with Crippen LogP contribution in [-0.2, 0) is 4.79 Å². The molecule has 0 bridgehead atoms. The van der Waals surface area contributed by atoms with Gasteiger partial charge in [-0.3, -0.25) is 20.2 Å². The maximum absolute atomic E-state index is 11.8. The first kappa shape index (κ1) is 17.7. The second kappa shape index (κ2) is 8.28. The van der Waals surface area contributed by atoms with Gasteiger partial charge < -0.3 is 10.1 Å². The van der Waals surface area contributed by atoms with Gasteiger partial charge in [-0.15, -0.1) is 0 Å². The first-order valence-corrected chi connectivity index (χ1v) is 7.93. The van der Waals surface area contributed by atoms with Crippen molar-refractivity contribution in [2.75, 3.05) is 6.61 Å². The highest BCUT2D eigenvalue weighted by atomic mass is 16.6. The molecule has 2 rings (SSSR count). The summed E-state index contributed by atoms with van der Waals surface area (Å²) >= 11 is 0. The van der Waals surface area contributed by atoms with Crippen LogP contribution in [0.15, 0.2) is 24.3 Å². The Hall–Kier alpha value is -2.64. The third-order valence-electron chi connectivity index (χ3n) is 4.10. The number of ether oxygens (including phenoxy) is 1. The number of rotatable bonds is 5. The van der Waals surface area contributed by atoms with Crippen LogP contribution in [0.4, 0.5) is 10.5 Å². The van der Waals surface area contributed by atoms with E-state index in [-0.39, 0.29) is 18.3 Å². The van der Waals surface area contributed by atoms with E-state index in [1.54, 1.807) is 0 Å². The van der Waals surface area contributed by atoms with Crippen molar-refractivity contribution in [1.82, 2.24) is 10.6 Å². The van der Waals surface area contributed by atoms with Gasteiger partial charge >= 0.3 is 6.03 Å². The minimum Gasteiger partial charge on any atom is -0.484 e. The summed E-state index contributed by atoms with van der Waals surface area (Å²) in [6.45, 7) is 1.75. The molecule has 0 saturated heterocycles. The maximum Gasteiger partial charge on any atom is 0.321 e. The molecule has 8 nitrogen and oxygen atoms in total. The Labute approximate surface area is 139 Å². The molecule has 3 amide bonds. The Balaban J connectivity index is 1.74. The molecule has 0 unspecified atom stereocenters. The van der Waals surface area contributed by atoms with Gasteiger partial charge in [0.1, 0.15) is 5.75 Å². The van der Waals surface area contributed by atoms with Gasteiger partial charge in [-0.25, -0.2) is 4.79 Å². The van der Waals surface area contributed by atoms with Gasteiger partial charge in [0, 0.05) is 18.2 Å². The number of nitro benzene ring substituents is 1. The number of carbonyl (C=O) groups is 2. The molecule has 1 fully saturated rings. The van der Waals surface area contributed by atoms with Gasteiger partial charge in [0.05, 0.1) is 4.92 Å². The van der Waals surface area contributed by atoms with E-state index in [1.165, 1.54) is 30.7 Å². The molecular weight excluding hydrogens is 314 g/mol. The van der Waals surface area contributed by atoms with Crippen molar-refractivity contribution in [3.63, 3.8) is 0 Å². The zero-order valence-corrected chi connectivity index (χ0v) is 13.5. The number of hydrogen-bond acceptors (Lipinski definition) is 5. The molecule has 2 N–H and O–H groups in total. The molecule has 24 heavy (non-hydrogen) atoms. The average Bonchev–Trinajstić information content (AvgIpc) is 2.55. The normalized spacial score (nSPS) is 20.0. The molecule has 0 heterocycles. The molecule has 0 radical (unpaired) electrons. The van der Waals surface area contributed by atoms with E-state index in [0.717, 1.165) is 19.3 Å². The third kappa shape index (κ3) is 5.22. The standard InChI is InChI=1S/C16H21N3O5/c1-11-4-2-3-5-14(11)17-16(21)18-15(20)10-24-13-8-6-12(7-9-13)19(22)23/h6-9,11,14H,2-5,10H2,1H3,(H2,17,18,20,21)/t11-,14+/m0/s1. The zero-order chi connectivity index (χ0) is 17.5. The number of urea groups is 1. The highest BCUT2D eigenvalue weighted by Crippen LogP contribution is 2.23. The van der Waals surface area contributed by atoms with Crippen LogP contribution in [-0.4, -0.2) is 29.5 Å². The summed E-state index contributed by atoms with van der Waals surface area (Å²) in [5, 5.41) is 15.6. The molecule has 1 saturated carbocycles. The lowest BCUT2D eigenvalue weighted by Gasteiger charge is -2.29. The van der Waals surface area contributed by atoms with E-state index >= 15 is 0 Å². The molecule has 0 spiro atoms. The third-order valence-corrected chi connectivity index (χ3v) is 4.10. The Kier molecular flexibility index (Phi) is 6.11. The van der Waals surface area contributed by atoms with Crippen LogP contribution in [0.25, 0.3) is 0 Å². The Morgan fingerprint density at radius 1 is 1.25 bits per heavy atom. The number of imide groups is 1. The average molecular weight is 335 g/mol. The van der Waals surface area contributed by atoms with Gasteiger partial charge in [-0.05, 0) is 30.9 Å². The highest BCUT2D eigenvalue weighted by molar-refractivity contribution is 5.95. The lowest BCUT2D eigenvalue weighted by atomic mass is 9.86. The quantitative estimate of drug-likeness (QED) is 0.634. The summed E-state index contributed by atoms with van der Waals surface area (Å²) in [6.07, 6.45) is 4.24. The van der Waals surface area contributed by atoms with Crippen molar-refractivity contribution >= 4 is 17.6 Å². The molecule has 1 aliphatic rings. The van der Waals surface area contributed by atoms with E-state index in [0.29, 0.717) is 11.7 Å². The molecular formula is C16H21N3O5. The number of nitrogens with zero attached hydrogens (tertiary/aromatic N) is 1. The summed E-state index contributed by atoms with van der Waals surface area (Å²) in [6, 6.07) is 4.92. The highest BCUT2D eigenvalue weighted by Gasteiger charge is 2.23. The fourth-order valence-corrected chi connectivity index (χ4v) is 2.71. The van der Waals surface area contributed by atoms with Gasteiger partial charge in [0.15, 0.2) is 6.61 Å². The monoisotopic (exact) mass is 335 g/mol. The fourth-order valence-electron chi connectivity index (χ4n) is 2.71. The fraction of sp³-hybridized carbons (Fsp3) is 0.500. The number of hydrogen-bond donors (Lipinski definition) is 2. The van der Waals surface area contributed by atoms with Gasteiger partial charge in [0.25, 0.3) is 11.6 Å². The van der Waals surface area contributed by atoms with Crippen LogP contribution in [0.5, 0.6) is 5.75 Å². The van der Waals surface area contributed by atoms with Crippen molar-refractivity contribution in [2.45, 2.75) is 38.6 Å². The summed E-state index contributed by atoms with van der Waals surface area (Å²) in [5.74, 6) is 0.141. The van der Waals surface area contributed by atoms with E-state index in [2.05, 4.69) is 17.6 Å². The topological polar surface area (TPSA) is 111 Å². The van der Waals surface area contributed by atoms with Gasteiger partial charge in [-0.2, -0.15) is 0 Å². The Morgan fingerprint density at radius 2 is 1.92 bits per heavy atom. The summed E-state index contributed by atoms with van der Waals surface area (Å²) in [7, 11) is 0. The largest absolute Gasteiger partial charge is 0.484 e. The Bertz CT molecular complexity index is 602. The predicted octanol–water partition coefficient (Wildman–Crippen LogP) is 2.38. The first-order valence-electron chi connectivity index (χ1n) is 7.93. The van der Waals surface area contributed by atoms with Gasteiger partial charge in [-0.1, -0.05) is 19.8 Å². The lowest BCUT2D eigenvalue weighted by molar-refractivity contribution is -0.384. The van der Waals surface area contributed by atoms with Gasteiger partial charge in [0.2, 0.25) is 0 Å².